The lowest BCUT2D eigenvalue weighted by molar-refractivity contribution is -0.139. The van der Waals surface area contributed by atoms with Crippen LogP contribution < -0.4 is 0 Å². The molecule has 1 atom stereocenters. The summed E-state index contributed by atoms with van der Waals surface area (Å²) < 4.78 is 0. The summed E-state index contributed by atoms with van der Waals surface area (Å²) in [4.78, 5) is 10.6. The standard InChI is InChI=1S/C9H10O3/c10-6-8(9(11)12)7-4-2-1-3-5-7/h1-5,8,10H,6H2,(H,11,12)/t8-/m0/s1. The Hall–Kier alpha value is -1.35. The maximum absolute atomic E-state index is 10.6. The molecule has 0 heterocycles. The van der Waals surface area contributed by atoms with Gasteiger partial charge in [0.15, 0.2) is 0 Å². The molecule has 0 unspecified atom stereocenters. The lowest BCUT2D eigenvalue weighted by atomic mass is 10.0. The third-order valence-corrected chi connectivity index (χ3v) is 1.68. The Labute approximate surface area is 70.3 Å². The van der Waals surface area contributed by atoms with Gasteiger partial charge >= 0.3 is 5.97 Å². The lowest BCUT2D eigenvalue weighted by Gasteiger charge is -2.07. The van der Waals surface area contributed by atoms with Crippen molar-refractivity contribution in [3.05, 3.63) is 35.9 Å². The SMILES string of the molecule is O=C(O)[C@@H](CO)c1ccccc1. The maximum atomic E-state index is 10.6. The van der Waals surface area contributed by atoms with Crippen LogP contribution in [0, 0.1) is 0 Å². The average molecular weight is 166 g/mol. The number of carboxylic acids is 1. The largest absolute Gasteiger partial charge is 0.481 e. The van der Waals surface area contributed by atoms with Crippen LogP contribution in [0.5, 0.6) is 0 Å². The van der Waals surface area contributed by atoms with Crippen LogP contribution in [0.25, 0.3) is 0 Å². The molecule has 3 nitrogen and oxygen atoms in total. The molecule has 0 saturated heterocycles. The minimum atomic E-state index is -0.997. The van der Waals surface area contributed by atoms with Crippen molar-refractivity contribution < 1.29 is 15.0 Å². The van der Waals surface area contributed by atoms with E-state index in [0.29, 0.717) is 5.56 Å². The molecule has 0 spiro atoms. The van der Waals surface area contributed by atoms with Crippen LogP contribution >= 0.6 is 0 Å². The lowest BCUT2D eigenvalue weighted by Crippen LogP contribution is -2.15. The van der Waals surface area contributed by atoms with E-state index in [0.717, 1.165) is 0 Å². The van der Waals surface area contributed by atoms with Crippen molar-refractivity contribution >= 4 is 5.97 Å². The predicted molar refractivity (Wildman–Crippen MR) is 43.9 cm³/mol. The number of aliphatic carboxylic acids is 1. The number of aliphatic hydroxyl groups is 1. The summed E-state index contributed by atoms with van der Waals surface area (Å²) in [5.41, 5.74) is 0.632. The van der Waals surface area contributed by atoms with Gasteiger partial charge in [-0.05, 0) is 5.56 Å². The second kappa shape index (κ2) is 3.88. The van der Waals surface area contributed by atoms with Crippen LogP contribution in [0.2, 0.25) is 0 Å². The molecule has 0 radical (unpaired) electrons. The number of hydrogen-bond donors (Lipinski definition) is 2. The summed E-state index contributed by atoms with van der Waals surface area (Å²) in [6, 6.07) is 8.69. The Balaban J connectivity index is 2.88. The molecule has 0 saturated carbocycles. The molecule has 2 N–H and O–H groups in total. The fourth-order valence-corrected chi connectivity index (χ4v) is 1.01. The topological polar surface area (TPSA) is 57.5 Å². The van der Waals surface area contributed by atoms with Crippen molar-refractivity contribution in [2.75, 3.05) is 6.61 Å². The van der Waals surface area contributed by atoms with Gasteiger partial charge in [-0.1, -0.05) is 30.3 Å². The molecule has 1 aromatic carbocycles. The Kier molecular flexibility index (Phi) is 2.82. The van der Waals surface area contributed by atoms with E-state index in [4.69, 9.17) is 10.2 Å². The molecule has 0 aliphatic carbocycles. The minimum Gasteiger partial charge on any atom is -0.481 e. The van der Waals surface area contributed by atoms with Gasteiger partial charge in [0.2, 0.25) is 0 Å². The molecule has 0 bridgehead atoms. The average Bonchev–Trinajstić information content (AvgIpc) is 2.07. The summed E-state index contributed by atoms with van der Waals surface area (Å²) in [5, 5.41) is 17.4. The summed E-state index contributed by atoms with van der Waals surface area (Å²) in [6.45, 7) is -0.362. The van der Waals surface area contributed by atoms with Gasteiger partial charge in [0.1, 0.15) is 5.92 Å². The maximum Gasteiger partial charge on any atom is 0.313 e. The van der Waals surface area contributed by atoms with E-state index in [-0.39, 0.29) is 6.61 Å². The zero-order valence-electron chi connectivity index (χ0n) is 6.47. The molecular weight excluding hydrogens is 156 g/mol. The van der Waals surface area contributed by atoms with Crippen molar-refractivity contribution in [1.82, 2.24) is 0 Å². The third-order valence-electron chi connectivity index (χ3n) is 1.68. The van der Waals surface area contributed by atoms with E-state index in [1.54, 1.807) is 30.3 Å². The summed E-state index contributed by atoms with van der Waals surface area (Å²) in [5.74, 6) is -1.80. The Morgan fingerprint density at radius 3 is 2.33 bits per heavy atom. The second-order valence-corrected chi connectivity index (χ2v) is 2.48. The Morgan fingerprint density at radius 1 is 1.33 bits per heavy atom. The molecule has 64 valence electrons. The van der Waals surface area contributed by atoms with Crippen LogP contribution in [-0.4, -0.2) is 22.8 Å². The number of carbonyl (C=O) groups is 1. The first-order valence-corrected chi connectivity index (χ1v) is 3.64. The number of rotatable bonds is 3. The smallest absolute Gasteiger partial charge is 0.313 e. The van der Waals surface area contributed by atoms with E-state index in [2.05, 4.69) is 0 Å². The molecule has 3 heteroatoms. The molecule has 0 aromatic heterocycles. The van der Waals surface area contributed by atoms with E-state index in [1.165, 1.54) is 0 Å². The van der Waals surface area contributed by atoms with Crippen molar-refractivity contribution in [3.8, 4) is 0 Å². The molecule has 0 aliphatic rings. The van der Waals surface area contributed by atoms with Crippen molar-refractivity contribution in [3.63, 3.8) is 0 Å². The molecule has 1 aromatic rings. The van der Waals surface area contributed by atoms with Gasteiger partial charge in [-0.25, -0.2) is 0 Å². The number of carboxylic acid groups (broad SMARTS) is 1. The van der Waals surface area contributed by atoms with Gasteiger partial charge in [0.05, 0.1) is 6.61 Å². The van der Waals surface area contributed by atoms with E-state index in [9.17, 15) is 4.79 Å². The molecule has 0 fully saturated rings. The Bertz CT molecular complexity index is 256. The van der Waals surface area contributed by atoms with Crippen LogP contribution in [0.3, 0.4) is 0 Å². The summed E-state index contributed by atoms with van der Waals surface area (Å²) in [7, 11) is 0. The first-order valence-electron chi connectivity index (χ1n) is 3.64. The molecule has 0 aliphatic heterocycles. The zero-order chi connectivity index (χ0) is 8.97. The van der Waals surface area contributed by atoms with Gasteiger partial charge in [-0.2, -0.15) is 0 Å². The van der Waals surface area contributed by atoms with Crippen LogP contribution in [0.1, 0.15) is 11.5 Å². The predicted octanol–water partition coefficient (Wildman–Crippen LogP) is 0.847. The number of aliphatic hydroxyl groups excluding tert-OH is 1. The molecule has 12 heavy (non-hydrogen) atoms. The first kappa shape index (κ1) is 8.74. The number of benzene rings is 1. The molecular formula is C9H10O3. The quantitative estimate of drug-likeness (QED) is 0.699. The highest BCUT2D eigenvalue weighted by atomic mass is 16.4. The minimum absolute atomic E-state index is 0.362. The van der Waals surface area contributed by atoms with Gasteiger partial charge in [0, 0.05) is 0 Å². The monoisotopic (exact) mass is 166 g/mol. The zero-order valence-corrected chi connectivity index (χ0v) is 6.47. The fraction of sp³-hybridized carbons (Fsp3) is 0.222. The van der Waals surface area contributed by atoms with E-state index >= 15 is 0 Å². The fourth-order valence-electron chi connectivity index (χ4n) is 1.01. The normalized spacial score (nSPS) is 12.4. The highest BCUT2D eigenvalue weighted by molar-refractivity contribution is 5.76. The van der Waals surface area contributed by atoms with E-state index in [1.807, 2.05) is 0 Å². The van der Waals surface area contributed by atoms with Gasteiger partial charge in [-0.15, -0.1) is 0 Å². The summed E-state index contributed by atoms with van der Waals surface area (Å²) in [6.07, 6.45) is 0. The summed E-state index contributed by atoms with van der Waals surface area (Å²) >= 11 is 0. The van der Waals surface area contributed by atoms with Crippen molar-refractivity contribution in [2.24, 2.45) is 0 Å². The highest BCUT2D eigenvalue weighted by Crippen LogP contribution is 2.14. The first-order chi connectivity index (χ1) is 5.75. The molecule has 1 rings (SSSR count). The van der Waals surface area contributed by atoms with E-state index < -0.39 is 11.9 Å². The van der Waals surface area contributed by atoms with Crippen molar-refractivity contribution in [2.45, 2.75) is 5.92 Å². The third kappa shape index (κ3) is 1.83. The van der Waals surface area contributed by atoms with Gasteiger partial charge in [-0.3, -0.25) is 4.79 Å². The van der Waals surface area contributed by atoms with Crippen LogP contribution in [0.4, 0.5) is 0 Å². The van der Waals surface area contributed by atoms with Gasteiger partial charge in [0.25, 0.3) is 0 Å². The van der Waals surface area contributed by atoms with Crippen LogP contribution in [0.15, 0.2) is 30.3 Å². The molecule has 0 amide bonds. The number of hydrogen-bond acceptors (Lipinski definition) is 2. The second-order valence-electron chi connectivity index (χ2n) is 2.48. The van der Waals surface area contributed by atoms with Crippen molar-refractivity contribution in [1.29, 1.82) is 0 Å². The van der Waals surface area contributed by atoms with Crippen LogP contribution in [-0.2, 0) is 4.79 Å². The van der Waals surface area contributed by atoms with Gasteiger partial charge < -0.3 is 10.2 Å². The Morgan fingerprint density at radius 2 is 1.92 bits per heavy atom. The highest BCUT2D eigenvalue weighted by Gasteiger charge is 2.17.